The third-order valence-electron chi connectivity index (χ3n) is 4.61. The Bertz CT molecular complexity index is 1270. The van der Waals surface area contributed by atoms with E-state index in [4.69, 9.17) is 11.0 Å². The highest BCUT2D eigenvalue weighted by Gasteiger charge is 2.13. The molecule has 2 aromatic carbocycles. The fraction of sp³-hybridized carbons (Fsp3) is 0.0435. The Kier molecular flexibility index (Phi) is 5.22. The predicted molar refractivity (Wildman–Crippen MR) is 116 cm³/mol. The van der Waals surface area contributed by atoms with Gasteiger partial charge in [-0.05, 0) is 41.5 Å². The second-order valence-electron chi connectivity index (χ2n) is 6.60. The summed E-state index contributed by atoms with van der Waals surface area (Å²) in [4.78, 5) is 18.4. The molecule has 0 atom stereocenters. The Morgan fingerprint density at radius 3 is 2.70 bits per heavy atom. The van der Waals surface area contributed by atoms with Gasteiger partial charge in [-0.2, -0.15) is 5.26 Å². The second kappa shape index (κ2) is 8.29. The lowest BCUT2D eigenvalue weighted by Gasteiger charge is -2.20. The van der Waals surface area contributed by atoms with Crippen molar-refractivity contribution in [1.29, 1.82) is 5.26 Å². The molecule has 7 heteroatoms. The highest BCUT2D eigenvalue weighted by molar-refractivity contribution is 5.82. The smallest absolute Gasteiger partial charge is 0.175 e. The lowest BCUT2D eigenvalue weighted by molar-refractivity contribution is 0.506. The number of nitrogens with two attached hydrogens (primary N) is 1. The molecule has 0 fully saturated rings. The number of rotatable bonds is 6. The van der Waals surface area contributed by atoms with Gasteiger partial charge in [0, 0.05) is 24.8 Å². The van der Waals surface area contributed by atoms with E-state index in [1.807, 2.05) is 41.3 Å². The van der Waals surface area contributed by atoms with Crippen LogP contribution in [-0.4, -0.2) is 24.8 Å². The largest absolute Gasteiger partial charge is 0.403 e. The van der Waals surface area contributed by atoms with E-state index in [9.17, 15) is 0 Å². The molecular weight excluding hydrogens is 374 g/mol. The molecule has 0 amide bonds. The standard InChI is InChI=1S/C23H19N7/c1-16(23-26-9-3-10-27-23)30(11-8-24)15-22-28-20-7-6-19(13-21(20)29-22)18-5-2-4-17(12-18)14-25/h2-13H,1,15,24H2,(H,28,29)/b11-8-. The molecule has 0 radical (unpaired) electrons. The minimum Gasteiger partial charge on any atom is -0.403 e. The van der Waals surface area contributed by atoms with Crippen molar-refractivity contribution in [3.8, 4) is 17.2 Å². The maximum Gasteiger partial charge on any atom is 0.175 e. The fourth-order valence-electron chi connectivity index (χ4n) is 3.17. The summed E-state index contributed by atoms with van der Waals surface area (Å²) in [5.41, 5.74) is 10.6. The first-order valence-corrected chi connectivity index (χ1v) is 9.28. The molecule has 0 aliphatic carbocycles. The van der Waals surface area contributed by atoms with Gasteiger partial charge in [0.15, 0.2) is 5.82 Å². The van der Waals surface area contributed by atoms with Crippen LogP contribution in [0, 0.1) is 11.3 Å². The van der Waals surface area contributed by atoms with Crippen molar-refractivity contribution >= 4 is 16.7 Å². The number of H-pyrrole nitrogens is 1. The third kappa shape index (κ3) is 3.88. The third-order valence-corrected chi connectivity index (χ3v) is 4.61. The van der Waals surface area contributed by atoms with Crippen LogP contribution in [-0.2, 0) is 6.54 Å². The molecule has 0 bridgehead atoms. The summed E-state index contributed by atoms with van der Waals surface area (Å²) in [7, 11) is 0. The summed E-state index contributed by atoms with van der Waals surface area (Å²) in [6, 6.07) is 17.4. The number of benzene rings is 2. The highest BCUT2D eigenvalue weighted by Crippen LogP contribution is 2.25. The summed E-state index contributed by atoms with van der Waals surface area (Å²) in [6.07, 6.45) is 6.49. The predicted octanol–water partition coefficient (Wildman–Crippen LogP) is 3.79. The van der Waals surface area contributed by atoms with Crippen LogP contribution in [0.5, 0.6) is 0 Å². The van der Waals surface area contributed by atoms with Crippen LogP contribution < -0.4 is 5.73 Å². The minimum absolute atomic E-state index is 0.429. The molecule has 4 rings (SSSR count). The number of hydrogen-bond acceptors (Lipinski definition) is 6. The molecule has 4 aromatic rings. The van der Waals surface area contributed by atoms with Crippen molar-refractivity contribution < 1.29 is 0 Å². The summed E-state index contributed by atoms with van der Waals surface area (Å²) < 4.78 is 0. The molecule has 0 saturated heterocycles. The van der Waals surface area contributed by atoms with Gasteiger partial charge in [0.05, 0.1) is 34.9 Å². The van der Waals surface area contributed by atoms with E-state index in [0.29, 0.717) is 23.6 Å². The Balaban J connectivity index is 1.62. The molecule has 146 valence electrons. The van der Waals surface area contributed by atoms with E-state index in [1.54, 1.807) is 30.7 Å². The average Bonchev–Trinajstić information content (AvgIpc) is 3.20. The Morgan fingerprint density at radius 1 is 1.13 bits per heavy atom. The van der Waals surface area contributed by atoms with E-state index >= 15 is 0 Å². The summed E-state index contributed by atoms with van der Waals surface area (Å²) in [5, 5.41) is 9.14. The zero-order chi connectivity index (χ0) is 20.9. The monoisotopic (exact) mass is 393 g/mol. The summed E-state index contributed by atoms with van der Waals surface area (Å²) in [6.45, 7) is 4.52. The van der Waals surface area contributed by atoms with Crippen molar-refractivity contribution in [1.82, 2.24) is 24.8 Å². The molecule has 2 heterocycles. The van der Waals surface area contributed by atoms with Crippen molar-refractivity contribution in [2.75, 3.05) is 0 Å². The van der Waals surface area contributed by atoms with Gasteiger partial charge in [0.25, 0.3) is 0 Å². The van der Waals surface area contributed by atoms with Gasteiger partial charge in [-0.3, -0.25) is 0 Å². The van der Waals surface area contributed by atoms with E-state index in [1.165, 1.54) is 6.20 Å². The van der Waals surface area contributed by atoms with Crippen LogP contribution in [0.4, 0.5) is 0 Å². The van der Waals surface area contributed by atoms with Crippen LogP contribution in [0.2, 0.25) is 0 Å². The molecule has 3 N–H and O–H groups in total. The number of fused-ring (bicyclic) bond motifs is 1. The number of aromatic amines is 1. The van der Waals surface area contributed by atoms with Crippen molar-refractivity contribution in [2.24, 2.45) is 5.73 Å². The first-order valence-electron chi connectivity index (χ1n) is 9.28. The number of nitrogens with zero attached hydrogens (tertiary/aromatic N) is 5. The zero-order valence-electron chi connectivity index (χ0n) is 16.2. The van der Waals surface area contributed by atoms with Crippen LogP contribution >= 0.6 is 0 Å². The van der Waals surface area contributed by atoms with E-state index in [0.717, 1.165) is 28.0 Å². The normalized spacial score (nSPS) is 10.9. The van der Waals surface area contributed by atoms with E-state index < -0.39 is 0 Å². The molecule has 2 aromatic heterocycles. The molecule has 0 aliphatic heterocycles. The van der Waals surface area contributed by atoms with Crippen LogP contribution in [0.15, 0.2) is 79.9 Å². The molecule has 0 spiro atoms. The van der Waals surface area contributed by atoms with Crippen molar-refractivity contribution in [2.45, 2.75) is 6.54 Å². The van der Waals surface area contributed by atoms with Crippen LogP contribution in [0.1, 0.15) is 17.2 Å². The van der Waals surface area contributed by atoms with Crippen LogP contribution in [0.25, 0.3) is 27.9 Å². The van der Waals surface area contributed by atoms with Gasteiger partial charge >= 0.3 is 0 Å². The fourth-order valence-corrected chi connectivity index (χ4v) is 3.17. The number of aromatic nitrogens is 4. The molecule has 7 nitrogen and oxygen atoms in total. The van der Waals surface area contributed by atoms with Gasteiger partial charge < -0.3 is 15.6 Å². The van der Waals surface area contributed by atoms with Gasteiger partial charge in [0.2, 0.25) is 0 Å². The lowest BCUT2D eigenvalue weighted by Crippen LogP contribution is -2.17. The van der Waals surface area contributed by atoms with Crippen LogP contribution in [0.3, 0.4) is 0 Å². The van der Waals surface area contributed by atoms with Gasteiger partial charge in [-0.1, -0.05) is 24.8 Å². The summed E-state index contributed by atoms with van der Waals surface area (Å²) >= 11 is 0. The minimum atomic E-state index is 0.429. The first-order chi connectivity index (χ1) is 14.7. The zero-order valence-corrected chi connectivity index (χ0v) is 16.2. The maximum atomic E-state index is 9.14. The molecule has 0 saturated carbocycles. The van der Waals surface area contributed by atoms with Gasteiger partial charge in [-0.15, -0.1) is 0 Å². The molecule has 30 heavy (non-hydrogen) atoms. The second-order valence-corrected chi connectivity index (χ2v) is 6.60. The number of imidazole rings is 1. The molecule has 0 unspecified atom stereocenters. The quantitative estimate of drug-likeness (QED) is 0.516. The number of nitrogens with one attached hydrogen (secondary N) is 1. The summed E-state index contributed by atoms with van der Waals surface area (Å²) in [5.74, 6) is 1.27. The lowest BCUT2D eigenvalue weighted by atomic mass is 10.0. The number of nitriles is 1. The van der Waals surface area contributed by atoms with Crippen molar-refractivity contribution in [3.63, 3.8) is 0 Å². The SMILES string of the molecule is C=C(c1ncccn1)N(/C=C\N)Cc1nc2ccc(-c3cccc(C#N)c3)cc2[nH]1. The van der Waals surface area contributed by atoms with Gasteiger partial charge in [0.1, 0.15) is 5.82 Å². The Hall–Kier alpha value is -4.44. The topological polar surface area (TPSA) is 108 Å². The first kappa shape index (κ1) is 18.9. The highest BCUT2D eigenvalue weighted by atomic mass is 15.2. The Morgan fingerprint density at radius 2 is 1.93 bits per heavy atom. The number of hydrogen-bond donors (Lipinski definition) is 2. The van der Waals surface area contributed by atoms with E-state index in [-0.39, 0.29) is 0 Å². The van der Waals surface area contributed by atoms with Crippen molar-refractivity contribution in [3.05, 3.63) is 97.1 Å². The molecule has 0 aliphatic rings. The average molecular weight is 393 g/mol. The van der Waals surface area contributed by atoms with E-state index in [2.05, 4.69) is 32.6 Å². The van der Waals surface area contributed by atoms with Gasteiger partial charge in [-0.25, -0.2) is 15.0 Å². The Labute approximate surface area is 173 Å². The molecular formula is C23H19N7. The maximum absolute atomic E-state index is 9.14.